The molecule has 142 valence electrons. The Balaban J connectivity index is 1.97. The first-order chi connectivity index (χ1) is 12.8. The second-order valence-electron chi connectivity index (χ2n) is 6.50. The first kappa shape index (κ1) is 19.9. The van der Waals surface area contributed by atoms with Crippen molar-refractivity contribution in [1.82, 2.24) is 0 Å². The highest BCUT2D eigenvalue weighted by Crippen LogP contribution is 2.35. The minimum absolute atomic E-state index is 0.233. The first-order valence-corrected chi connectivity index (χ1v) is 10.4. The van der Waals surface area contributed by atoms with Crippen molar-refractivity contribution in [3.8, 4) is 5.75 Å². The number of hydrogen-bond donors (Lipinski definition) is 1. The van der Waals surface area contributed by atoms with Crippen molar-refractivity contribution >= 4 is 57.5 Å². The molecule has 1 aliphatic heterocycles. The molecule has 0 bridgehead atoms. The molecule has 0 radical (unpaired) electrons. The smallest absolute Gasteiger partial charge is 0.283 e. The van der Waals surface area contributed by atoms with Gasteiger partial charge in [-0.05, 0) is 49.6 Å². The molecule has 1 aromatic heterocycles. The average molecular weight is 423 g/mol. The maximum atomic E-state index is 13.0. The summed E-state index contributed by atoms with van der Waals surface area (Å²) in [6, 6.07) is 9.00. The van der Waals surface area contributed by atoms with E-state index in [0.29, 0.717) is 33.1 Å². The Labute approximate surface area is 171 Å². The Hall–Kier alpha value is -1.80. The average Bonchev–Trinajstić information content (AvgIpc) is 3.21. The monoisotopic (exact) mass is 422 g/mol. The molecule has 1 amide bonds. The summed E-state index contributed by atoms with van der Waals surface area (Å²) in [5.41, 5.74) is 0.0599. The number of anilines is 1. The highest BCUT2D eigenvalue weighted by molar-refractivity contribution is 8.14. The Morgan fingerprint density at radius 3 is 2.78 bits per heavy atom. The second-order valence-corrected chi connectivity index (χ2v) is 8.83. The van der Waals surface area contributed by atoms with Gasteiger partial charge in [0, 0.05) is 10.6 Å². The maximum absolute atomic E-state index is 13.0. The Kier molecular flexibility index (Phi) is 5.95. The van der Waals surface area contributed by atoms with E-state index in [0.717, 1.165) is 4.88 Å². The van der Waals surface area contributed by atoms with Crippen molar-refractivity contribution in [2.75, 3.05) is 17.8 Å². The first-order valence-electron chi connectivity index (χ1n) is 8.15. The number of halogens is 1. The number of aliphatic hydroxyl groups is 1. The summed E-state index contributed by atoms with van der Waals surface area (Å²) in [6.45, 7) is 3.43. The Morgan fingerprint density at radius 1 is 1.41 bits per heavy atom. The van der Waals surface area contributed by atoms with Crippen LogP contribution in [-0.4, -0.2) is 34.6 Å². The predicted molar refractivity (Wildman–Crippen MR) is 114 cm³/mol. The zero-order valence-electron chi connectivity index (χ0n) is 15.1. The lowest BCUT2D eigenvalue weighted by molar-refractivity contribution is -0.113. The number of rotatable bonds is 5. The van der Waals surface area contributed by atoms with E-state index in [-0.39, 0.29) is 5.91 Å². The Morgan fingerprint density at radius 2 is 2.19 bits per heavy atom. The highest BCUT2D eigenvalue weighted by Gasteiger charge is 2.33. The fraction of sp³-hybridized carbons (Fsp3) is 0.263. The van der Waals surface area contributed by atoms with Gasteiger partial charge in [0.15, 0.2) is 5.17 Å². The van der Waals surface area contributed by atoms with Crippen molar-refractivity contribution in [3.63, 3.8) is 0 Å². The van der Waals surface area contributed by atoms with Gasteiger partial charge < -0.3 is 9.84 Å². The number of nitrogens with zero attached hydrogens (tertiary/aromatic N) is 2. The van der Waals surface area contributed by atoms with Gasteiger partial charge in [-0.25, -0.2) is 4.99 Å². The zero-order chi connectivity index (χ0) is 19.6. The summed E-state index contributed by atoms with van der Waals surface area (Å²) in [5.74, 6) is 0.693. The summed E-state index contributed by atoms with van der Waals surface area (Å²) in [4.78, 5) is 20.0. The molecule has 2 heterocycles. The predicted octanol–water partition coefficient (Wildman–Crippen LogP) is 4.66. The van der Waals surface area contributed by atoms with Crippen LogP contribution in [0, 0.1) is 0 Å². The number of thiophene rings is 1. The van der Waals surface area contributed by atoms with Gasteiger partial charge in [-0.3, -0.25) is 9.69 Å². The van der Waals surface area contributed by atoms with Gasteiger partial charge in [0.25, 0.3) is 5.91 Å². The molecule has 0 unspecified atom stereocenters. The van der Waals surface area contributed by atoms with Crippen LogP contribution in [0.25, 0.3) is 6.08 Å². The number of carbonyl (C=O) groups is 1. The van der Waals surface area contributed by atoms with E-state index in [2.05, 4.69) is 4.99 Å². The molecule has 27 heavy (non-hydrogen) atoms. The van der Waals surface area contributed by atoms with Crippen molar-refractivity contribution in [2.24, 2.45) is 4.99 Å². The molecule has 8 heteroatoms. The third-order valence-electron chi connectivity index (χ3n) is 3.60. The molecule has 0 aliphatic carbocycles. The molecule has 0 saturated carbocycles. The highest BCUT2D eigenvalue weighted by atomic mass is 35.5. The van der Waals surface area contributed by atoms with Crippen LogP contribution in [0.5, 0.6) is 5.75 Å². The van der Waals surface area contributed by atoms with Crippen LogP contribution in [0.15, 0.2) is 46.4 Å². The third kappa shape index (κ3) is 4.73. The maximum Gasteiger partial charge on any atom is 0.283 e. The van der Waals surface area contributed by atoms with Gasteiger partial charge in [0.2, 0.25) is 0 Å². The normalized spacial score (nSPS) is 16.2. The van der Waals surface area contributed by atoms with E-state index in [1.807, 2.05) is 17.5 Å². The lowest BCUT2D eigenvalue weighted by atomic mass is 10.2. The van der Waals surface area contributed by atoms with Crippen LogP contribution >= 0.6 is 34.7 Å². The van der Waals surface area contributed by atoms with Gasteiger partial charge in [0.1, 0.15) is 11.4 Å². The number of methoxy groups -OCH3 is 1. The van der Waals surface area contributed by atoms with Crippen LogP contribution in [0.2, 0.25) is 5.02 Å². The number of benzene rings is 1. The zero-order valence-corrected chi connectivity index (χ0v) is 17.5. The molecule has 5 nitrogen and oxygen atoms in total. The Bertz CT molecular complexity index is 902. The molecule has 0 spiro atoms. The second kappa shape index (κ2) is 8.06. The summed E-state index contributed by atoms with van der Waals surface area (Å²) in [6.07, 6.45) is 1.77. The number of amidine groups is 1. The van der Waals surface area contributed by atoms with Crippen LogP contribution in [0.3, 0.4) is 0 Å². The van der Waals surface area contributed by atoms with E-state index in [1.54, 1.807) is 38.1 Å². The number of aliphatic imine (C=N–C) groups is 1. The minimum Gasteiger partial charge on any atom is -0.495 e. The van der Waals surface area contributed by atoms with Crippen LogP contribution in [-0.2, 0) is 4.79 Å². The van der Waals surface area contributed by atoms with Gasteiger partial charge in [-0.2, -0.15) is 0 Å². The number of thioether (sulfide) groups is 1. The van der Waals surface area contributed by atoms with Gasteiger partial charge in [0.05, 0.1) is 23.4 Å². The lowest BCUT2D eigenvalue weighted by Gasteiger charge is -2.21. The summed E-state index contributed by atoms with van der Waals surface area (Å²) < 4.78 is 5.19. The van der Waals surface area contributed by atoms with Crippen molar-refractivity contribution < 1.29 is 14.6 Å². The van der Waals surface area contributed by atoms with Crippen molar-refractivity contribution in [2.45, 2.75) is 19.4 Å². The quantitative estimate of drug-likeness (QED) is 0.712. The molecule has 1 aromatic carbocycles. The lowest BCUT2D eigenvalue weighted by Crippen LogP contribution is -2.32. The van der Waals surface area contributed by atoms with Gasteiger partial charge >= 0.3 is 0 Å². The van der Waals surface area contributed by atoms with Gasteiger partial charge in [-0.1, -0.05) is 29.4 Å². The number of ether oxygens (including phenoxy) is 1. The third-order valence-corrected chi connectivity index (χ3v) is 6.10. The van der Waals surface area contributed by atoms with Crippen LogP contribution in [0.1, 0.15) is 18.7 Å². The van der Waals surface area contributed by atoms with E-state index in [1.165, 1.54) is 35.1 Å². The molecule has 0 saturated heterocycles. The summed E-state index contributed by atoms with van der Waals surface area (Å²) in [7, 11) is 1.54. The van der Waals surface area contributed by atoms with E-state index in [9.17, 15) is 9.90 Å². The van der Waals surface area contributed by atoms with Crippen LogP contribution in [0.4, 0.5) is 5.69 Å². The SMILES string of the molecule is COc1ccc(N2C(=O)C(=Cc3cccs3)N=C2SCC(C)(C)O)cc1Cl. The topological polar surface area (TPSA) is 62.1 Å². The number of carbonyl (C=O) groups excluding carboxylic acids is 1. The van der Waals surface area contributed by atoms with Crippen LogP contribution < -0.4 is 9.64 Å². The molecular formula is C19H19ClN2O3S2. The molecule has 1 aliphatic rings. The molecule has 0 atom stereocenters. The number of amides is 1. The number of hydrogen-bond acceptors (Lipinski definition) is 6. The summed E-state index contributed by atoms with van der Waals surface area (Å²) in [5, 5.41) is 12.9. The molecule has 0 fully saturated rings. The summed E-state index contributed by atoms with van der Waals surface area (Å²) >= 11 is 9.10. The van der Waals surface area contributed by atoms with E-state index < -0.39 is 5.60 Å². The standard InChI is InChI=1S/C19H19ClN2O3S2/c1-19(2,24)11-27-18-21-15(10-13-5-4-8-26-13)17(23)22(18)12-6-7-16(25-3)14(20)9-12/h4-10,24H,11H2,1-3H3. The molecule has 1 N–H and O–H groups in total. The van der Waals surface area contributed by atoms with E-state index >= 15 is 0 Å². The fourth-order valence-electron chi connectivity index (χ4n) is 2.36. The van der Waals surface area contributed by atoms with E-state index in [4.69, 9.17) is 16.3 Å². The molecule has 2 aromatic rings. The fourth-order valence-corrected chi connectivity index (χ4v) is 4.23. The molecular weight excluding hydrogens is 404 g/mol. The molecule has 3 rings (SSSR count). The minimum atomic E-state index is -0.889. The van der Waals surface area contributed by atoms with Gasteiger partial charge in [-0.15, -0.1) is 11.3 Å². The van der Waals surface area contributed by atoms with Crippen molar-refractivity contribution in [3.05, 3.63) is 51.3 Å². The van der Waals surface area contributed by atoms with Crippen molar-refractivity contribution in [1.29, 1.82) is 0 Å². The largest absolute Gasteiger partial charge is 0.495 e.